The first-order chi connectivity index (χ1) is 13.5. The van der Waals surface area contributed by atoms with Crippen LogP contribution in [0, 0.1) is 19.8 Å². The van der Waals surface area contributed by atoms with Gasteiger partial charge < -0.3 is 9.64 Å². The Kier molecular flexibility index (Phi) is 5.93. The van der Waals surface area contributed by atoms with E-state index in [-0.39, 0.29) is 0 Å². The molecule has 1 fully saturated rings. The number of hydrogen-bond donors (Lipinski definition) is 0. The SMILES string of the molecule is COCCN=C1Sc2nc3cc(C)cc(C)c3cc2CN1C1CCC(C)CC1. The minimum Gasteiger partial charge on any atom is -0.383 e. The van der Waals surface area contributed by atoms with E-state index in [0.717, 1.165) is 28.2 Å². The quantitative estimate of drug-likeness (QED) is 0.653. The van der Waals surface area contributed by atoms with E-state index in [4.69, 9.17) is 14.7 Å². The summed E-state index contributed by atoms with van der Waals surface area (Å²) in [5.74, 6) is 0.853. The second-order valence-corrected chi connectivity index (χ2v) is 9.36. The predicted octanol–water partition coefficient (Wildman–Crippen LogP) is 5.34. The fourth-order valence-electron chi connectivity index (χ4n) is 4.45. The van der Waals surface area contributed by atoms with Crippen LogP contribution >= 0.6 is 11.8 Å². The van der Waals surface area contributed by atoms with Gasteiger partial charge in [0.25, 0.3) is 0 Å². The van der Waals surface area contributed by atoms with Crippen LogP contribution in [0.25, 0.3) is 10.9 Å². The number of nitrogens with zero attached hydrogens (tertiary/aromatic N) is 3. The molecule has 1 saturated carbocycles. The van der Waals surface area contributed by atoms with Crippen LogP contribution in [0.4, 0.5) is 0 Å². The van der Waals surface area contributed by atoms with E-state index in [2.05, 4.69) is 43.9 Å². The van der Waals surface area contributed by atoms with Gasteiger partial charge in [-0.15, -0.1) is 0 Å². The van der Waals surface area contributed by atoms with Gasteiger partial charge in [0.15, 0.2) is 5.17 Å². The second-order valence-electron chi connectivity index (χ2n) is 8.40. The van der Waals surface area contributed by atoms with Gasteiger partial charge in [-0.05, 0) is 80.5 Å². The van der Waals surface area contributed by atoms with Crippen LogP contribution in [0.15, 0.2) is 28.2 Å². The molecule has 1 aromatic carbocycles. The normalized spacial score (nSPS) is 24.0. The molecule has 0 unspecified atom stereocenters. The number of benzene rings is 1. The molecule has 0 radical (unpaired) electrons. The highest BCUT2D eigenvalue weighted by Crippen LogP contribution is 2.38. The monoisotopic (exact) mass is 397 g/mol. The van der Waals surface area contributed by atoms with Gasteiger partial charge in [-0.2, -0.15) is 0 Å². The molecule has 0 N–H and O–H groups in total. The summed E-state index contributed by atoms with van der Waals surface area (Å²) in [6.45, 7) is 9.01. The van der Waals surface area contributed by atoms with Crippen molar-refractivity contribution in [1.82, 2.24) is 9.88 Å². The highest BCUT2D eigenvalue weighted by Gasteiger charge is 2.31. The van der Waals surface area contributed by atoms with E-state index in [1.807, 2.05) is 0 Å². The van der Waals surface area contributed by atoms with Gasteiger partial charge >= 0.3 is 0 Å². The summed E-state index contributed by atoms with van der Waals surface area (Å²) in [7, 11) is 1.74. The lowest BCUT2D eigenvalue weighted by molar-refractivity contribution is 0.201. The Balaban J connectivity index is 1.69. The molecular formula is C23H31N3OS. The molecule has 0 bridgehead atoms. The van der Waals surface area contributed by atoms with Crippen molar-refractivity contribution in [2.45, 2.75) is 64.1 Å². The molecule has 0 saturated heterocycles. The molecule has 1 aromatic heterocycles. The Hall–Kier alpha value is -1.59. The minimum absolute atomic E-state index is 0.591. The van der Waals surface area contributed by atoms with Crippen molar-refractivity contribution in [2.75, 3.05) is 20.3 Å². The predicted molar refractivity (Wildman–Crippen MR) is 118 cm³/mol. The first kappa shape index (κ1) is 19.7. The maximum absolute atomic E-state index is 5.23. The molecule has 150 valence electrons. The average molecular weight is 398 g/mol. The Morgan fingerprint density at radius 2 is 1.96 bits per heavy atom. The fourth-order valence-corrected chi connectivity index (χ4v) is 5.51. The third-order valence-corrected chi connectivity index (χ3v) is 7.16. The highest BCUT2D eigenvalue weighted by atomic mass is 32.2. The topological polar surface area (TPSA) is 37.7 Å². The first-order valence-electron chi connectivity index (χ1n) is 10.4. The molecule has 2 aliphatic rings. The average Bonchev–Trinajstić information content (AvgIpc) is 2.67. The lowest BCUT2D eigenvalue weighted by Gasteiger charge is -2.40. The largest absolute Gasteiger partial charge is 0.383 e. The van der Waals surface area contributed by atoms with Crippen molar-refractivity contribution in [1.29, 1.82) is 0 Å². The summed E-state index contributed by atoms with van der Waals surface area (Å²) in [6, 6.07) is 7.40. The standard InChI is InChI=1S/C23H31N3OS/c1-15-5-7-19(8-6-15)26-14-18-13-20-17(3)11-16(2)12-21(20)25-22(18)28-23(26)24-9-10-27-4/h11-13,15,19H,5-10,14H2,1-4H3. The molecule has 0 atom stereocenters. The molecule has 2 aromatic rings. The van der Waals surface area contributed by atoms with Crippen molar-refractivity contribution in [2.24, 2.45) is 10.9 Å². The van der Waals surface area contributed by atoms with E-state index < -0.39 is 0 Å². The summed E-state index contributed by atoms with van der Waals surface area (Å²) >= 11 is 1.75. The van der Waals surface area contributed by atoms with Gasteiger partial charge in [-0.1, -0.05) is 13.0 Å². The van der Waals surface area contributed by atoms with Crippen LogP contribution in [0.2, 0.25) is 0 Å². The maximum atomic E-state index is 5.23. The number of methoxy groups -OCH3 is 1. The zero-order valence-electron chi connectivity index (χ0n) is 17.5. The summed E-state index contributed by atoms with van der Waals surface area (Å²) in [6.07, 6.45) is 5.16. The molecule has 4 nitrogen and oxygen atoms in total. The number of aromatic nitrogens is 1. The molecule has 4 rings (SSSR count). The van der Waals surface area contributed by atoms with Gasteiger partial charge in [0.2, 0.25) is 0 Å². The van der Waals surface area contributed by atoms with Gasteiger partial charge in [-0.3, -0.25) is 4.99 Å². The molecule has 5 heteroatoms. The Morgan fingerprint density at radius 3 is 2.71 bits per heavy atom. The van der Waals surface area contributed by atoms with Crippen molar-refractivity contribution in [3.63, 3.8) is 0 Å². The molecule has 1 aliphatic heterocycles. The van der Waals surface area contributed by atoms with Crippen LogP contribution in [-0.2, 0) is 11.3 Å². The molecule has 28 heavy (non-hydrogen) atoms. The van der Waals surface area contributed by atoms with Gasteiger partial charge in [0.05, 0.1) is 18.7 Å². The number of pyridine rings is 1. The van der Waals surface area contributed by atoms with Crippen molar-refractivity contribution < 1.29 is 4.74 Å². The smallest absolute Gasteiger partial charge is 0.166 e. The highest BCUT2D eigenvalue weighted by molar-refractivity contribution is 8.13. The summed E-state index contributed by atoms with van der Waals surface area (Å²) in [4.78, 5) is 12.5. The molecule has 1 aliphatic carbocycles. The number of rotatable bonds is 4. The minimum atomic E-state index is 0.591. The molecule has 2 heterocycles. The van der Waals surface area contributed by atoms with E-state index >= 15 is 0 Å². The lowest BCUT2D eigenvalue weighted by Crippen LogP contribution is -2.42. The fraction of sp³-hybridized carbons (Fsp3) is 0.565. The number of aliphatic imine (C=N–C) groups is 1. The number of hydrogen-bond acceptors (Lipinski definition) is 4. The number of ether oxygens (including phenoxy) is 1. The number of aryl methyl sites for hydroxylation is 2. The van der Waals surface area contributed by atoms with Crippen LogP contribution < -0.4 is 0 Å². The molecular weight excluding hydrogens is 366 g/mol. The van der Waals surface area contributed by atoms with Gasteiger partial charge in [0, 0.05) is 30.6 Å². The van der Waals surface area contributed by atoms with E-state index in [1.54, 1.807) is 18.9 Å². The second kappa shape index (κ2) is 8.42. The first-order valence-corrected chi connectivity index (χ1v) is 11.3. The van der Waals surface area contributed by atoms with Crippen LogP contribution in [0.1, 0.15) is 49.3 Å². The third-order valence-electron chi connectivity index (χ3n) is 6.07. The van der Waals surface area contributed by atoms with Crippen molar-refractivity contribution in [3.05, 3.63) is 34.9 Å². The van der Waals surface area contributed by atoms with Crippen LogP contribution in [0.3, 0.4) is 0 Å². The Morgan fingerprint density at radius 1 is 1.18 bits per heavy atom. The van der Waals surface area contributed by atoms with Gasteiger partial charge in [-0.25, -0.2) is 4.98 Å². The number of amidine groups is 1. The van der Waals surface area contributed by atoms with Gasteiger partial charge in [0.1, 0.15) is 5.03 Å². The zero-order chi connectivity index (χ0) is 19.7. The summed E-state index contributed by atoms with van der Waals surface area (Å²) in [5.41, 5.74) is 5.02. The Labute approximate surface area is 172 Å². The van der Waals surface area contributed by atoms with E-state index in [9.17, 15) is 0 Å². The number of fused-ring (bicyclic) bond motifs is 2. The third kappa shape index (κ3) is 4.06. The van der Waals surface area contributed by atoms with E-state index in [1.165, 1.54) is 47.8 Å². The maximum Gasteiger partial charge on any atom is 0.166 e. The Bertz CT molecular complexity index is 887. The van der Waals surface area contributed by atoms with Crippen molar-refractivity contribution in [3.8, 4) is 0 Å². The molecule has 0 amide bonds. The van der Waals surface area contributed by atoms with Crippen LogP contribution in [0.5, 0.6) is 0 Å². The van der Waals surface area contributed by atoms with Crippen LogP contribution in [-0.4, -0.2) is 41.4 Å². The van der Waals surface area contributed by atoms with Crippen molar-refractivity contribution >= 4 is 27.8 Å². The summed E-state index contributed by atoms with van der Waals surface area (Å²) < 4.78 is 5.23. The number of thioether (sulfide) groups is 1. The molecule has 0 spiro atoms. The summed E-state index contributed by atoms with van der Waals surface area (Å²) in [5, 5.41) is 3.52. The van der Waals surface area contributed by atoms with E-state index in [0.29, 0.717) is 19.2 Å². The lowest BCUT2D eigenvalue weighted by atomic mass is 9.86. The zero-order valence-corrected chi connectivity index (χ0v) is 18.3.